The maximum absolute atomic E-state index is 12.2. The second kappa shape index (κ2) is 6.66. The van der Waals surface area contributed by atoms with Crippen molar-refractivity contribution >= 4 is 39.9 Å². The molecule has 0 bridgehead atoms. The van der Waals surface area contributed by atoms with Crippen LogP contribution in [0.15, 0.2) is 55.0 Å². The summed E-state index contributed by atoms with van der Waals surface area (Å²) in [7, 11) is 3.37. The van der Waals surface area contributed by atoms with Crippen LogP contribution in [0.5, 0.6) is 0 Å². The first-order valence-corrected chi connectivity index (χ1v) is 8.52. The summed E-state index contributed by atoms with van der Waals surface area (Å²) in [5.41, 5.74) is 3.07. The molecule has 8 heteroatoms. The van der Waals surface area contributed by atoms with Crippen molar-refractivity contribution in [1.82, 2.24) is 19.3 Å². The monoisotopic (exact) mass is 375 g/mol. The Labute approximate surface area is 160 Å². The first-order valence-electron chi connectivity index (χ1n) is 8.52. The van der Waals surface area contributed by atoms with Gasteiger partial charge in [0.1, 0.15) is 5.52 Å². The van der Waals surface area contributed by atoms with Crippen LogP contribution < -0.4 is 5.32 Å². The predicted molar refractivity (Wildman–Crippen MR) is 105 cm³/mol. The second-order valence-corrected chi connectivity index (χ2v) is 6.48. The molecule has 0 spiro atoms. The summed E-state index contributed by atoms with van der Waals surface area (Å²) < 4.78 is 1.75. The van der Waals surface area contributed by atoms with Crippen molar-refractivity contribution in [1.29, 1.82) is 0 Å². The van der Waals surface area contributed by atoms with Gasteiger partial charge in [0.2, 0.25) is 0 Å². The molecule has 0 saturated heterocycles. The van der Waals surface area contributed by atoms with E-state index in [-0.39, 0.29) is 11.5 Å². The van der Waals surface area contributed by atoms with E-state index in [2.05, 4.69) is 15.3 Å². The Morgan fingerprint density at radius 2 is 2.00 bits per heavy atom. The average molecular weight is 375 g/mol. The van der Waals surface area contributed by atoms with Gasteiger partial charge in [0.15, 0.2) is 5.82 Å². The van der Waals surface area contributed by atoms with Gasteiger partial charge in [-0.1, -0.05) is 6.07 Å². The number of carbonyl (C=O) groups is 2. The summed E-state index contributed by atoms with van der Waals surface area (Å²) in [6, 6.07) is 10.3. The summed E-state index contributed by atoms with van der Waals surface area (Å²) in [5.74, 6) is -0.789. The lowest BCUT2D eigenvalue weighted by Crippen LogP contribution is -2.21. The van der Waals surface area contributed by atoms with Crippen LogP contribution in [0.4, 0.5) is 11.5 Å². The number of carboxylic acid groups (broad SMARTS) is 1. The van der Waals surface area contributed by atoms with Crippen molar-refractivity contribution < 1.29 is 14.7 Å². The van der Waals surface area contributed by atoms with E-state index >= 15 is 0 Å². The van der Waals surface area contributed by atoms with E-state index in [0.717, 1.165) is 0 Å². The van der Waals surface area contributed by atoms with Crippen LogP contribution in [0.2, 0.25) is 0 Å². The third kappa shape index (κ3) is 2.90. The molecule has 1 amide bonds. The van der Waals surface area contributed by atoms with Crippen LogP contribution in [-0.4, -0.2) is 50.3 Å². The highest BCUT2D eigenvalue weighted by molar-refractivity contribution is 6.02. The number of aromatic carboxylic acids is 1. The Morgan fingerprint density at radius 1 is 1.18 bits per heavy atom. The van der Waals surface area contributed by atoms with Crippen LogP contribution in [0.3, 0.4) is 0 Å². The third-order valence-electron chi connectivity index (χ3n) is 4.39. The fraction of sp³-hybridized carbons (Fsp3) is 0.100. The van der Waals surface area contributed by atoms with Gasteiger partial charge >= 0.3 is 5.97 Å². The number of carbonyl (C=O) groups excluding carboxylic acids is 1. The number of amides is 1. The van der Waals surface area contributed by atoms with Gasteiger partial charge in [-0.3, -0.25) is 9.78 Å². The zero-order chi connectivity index (χ0) is 19.8. The summed E-state index contributed by atoms with van der Waals surface area (Å²) in [6.07, 6.45) is 4.95. The summed E-state index contributed by atoms with van der Waals surface area (Å²) in [6.45, 7) is 0. The first-order chi connectivity index (χ1) is 13.5. The van der Waals surface area contributed by atoms with Gasteiger partial charge in [-0.15, -0.1) is 0 Å². The molecule has 140 valence electrons. The fourth-order valence-electron chi connectivity index (χ4n) is 3.09. The molecular formula is C20H17N5O3. The van der Waals surface area contributed by atoms with Crippen molar-refractivity contribution in [3.05, 3.63) is 66.1 Å². The fourth-order valence-corrected chi connectivity index (χ4v) is 3.09. The Morgan fingerprint density at radius 3 is 2.75 bits per heavy atom. The van der Waals surface area contributed by atoms with Crippen molar-refractivity contribution in [3.8, 4) is 0 Å². The molecule has 0 aliphatic heterocycles. The van der Waals surface area contributed by atoms with Gasteiger partial charge in [-0.05, 0) is 30.3 Å². The van der Waals surface area contributed by atoms with Crippen LogP contribution in [-0.2, 0) is 0 Å². The molecule has 0 unspecified atom stereocenters. The minimum atomic E-state index is -1.05. The summed E-state index contributed by atoms with van der Waals surface area (Å²) in [4.78, 5) is 34.1. The van der Waals surface area contributed by atoms with E-state index in [0.29, 0.717) is 33.6 Å². The number of rotatable bonds is 4. The van der Waals surface area contributed by atoms with Gasteiger partial charge in [0, 0.05) is 37.7 Å². The van der Waals surface area contributed by atoms with Gasteiger partial charge in [0.25, 0.3) is 5.91 Å². The number of fused-ring (bicyclic) bond motifs is 3. The first kappa shape index (κ1) is 17.5. The molecule has 0 aliphatic carbocycles. The number of aromatic nitrogens is 3. The molecule has 3 aromatic heterocycles. The van der Waals surface area contributed by atoms with Crippen molar-refractivity contribution in [2.24, 2.45) is 0 Å². The van der Waals surface area contributed by atoms with Gasteiger partial charge in [-0.25, -0.2) is 9.78 Å². The zero-order valence-electron chi connectivity index (χ0n) is 15.2. The van der Waals surface area contributed by atoms with E-state index < -0.39 is 5.97 Å². The van der Waals surface area contributed by atoms with Gasteiger partial charge in [0.05, 0.1) is 22.8 Å². The van der Waals surface area contributed by atoms with Crippen LogP contribution >= 0.6 is 0 Å². The number of pyridine rings is 1. The normalized spacial score (nSPS) is 10.9. The molecule has 3 heterocycles. The molecule has 1 aromatic carbocycles. The maximum atomic E-state index is 12.2. The molecule has 4 aromatic rings. The van der Waals surface area contributed by atoms with E-state index in [4.69, 9.17) is 0 Å². The topological polar surface area (TPSA) is 99.8 Å². The quantitative estimate of drug-likeness (QED) is 0.569. The number of nitrogens with zero attached hydrogens (tertiary/aromatic N) is 4. The summed E-state index contributed by atoms with van der Waals surface area (Å²) >= 11 is 0. The number of anilines is 2. The highest BCUT2D eigenvalue weighted by atomic mass is 16.4. The van der Waals surface area contributed by atoms with Crippen molar-refractivity contribution in [2.45, 2.75) is 0 Å². The number of carboxylic acids is 1. The SMILES string of the molecule is CN(C)C(=O)c1cccc(Nc2nc3ccncc3n3ccc(C(=O)O)c23)c1. The largest absolute Gasteiger partial charge is 0.478 e. The minimum absolute atomic E-state index is 0.125. The highest BCUT2D eigenvalue weighted by Crippen LogP contribution is 2.28. The third-order valence-corrected chi connectivity index (χ3v) is 4.39. The highest BCUT2D eigenvalue weighted by Gasteiger charge is 2.18. The minimum Gasteiger partial charge on any atom is -0.478 e. The molecular weight excluding hydrogens is 358 g/mol. The molecule has 0 radical (unpaired) electrons. The summed E-state index contributed by atoms with van der Waals surface area (Å²) in [5, 5.41) is 12.7. The molecule has 0 saturated carbocycles. The molecule has 4 rings (SSSR count). The molecule has 2 N–H and O–H groups in total. The Hall–Kier alpha value is -3.94. The number of hydrogen-bond donors (Lipinski definition) is 2. The number of nitrogens with one attached hydrogen (secondary N) is 1. The Balaban J connectivity index is 1.88. The van der Waals surface area contributed by atoms with E-state index in [1.807, 2.05) is 0 Å². The molecule has 28 heavy (non-hydrogen) atoms. The Bertz CT molecular complexity index is 1230. The van der Waals surface area contributed by atoms with Crippen LogP contribution in [0.25, 0.3) is 16.6 Å². The lowest BCUT2D eigenvalue weighted by Gasteiger charge is -2.13. The van der Waals surface area contributed by atoms with Crippen molar-refractivity contribution in [2.75, 3.05) is 19.4 Å². The molecule has 0 aliphatic rings. The maximum Gasteiger partial charge on any atom is 0.338 e. The molecule has 0 atom stereocenters. The lowest BCUT2D eigenvalue weighted by atomic mass is 10.1. The van der Waals surface area contributed by atoms with E-state index in [1.54, 1.807) is 67.4 Å². The smallest absolute Gasteiger partial charge is 0.338 e. The standard InChI is InChI=1S/C20H17N5O3/c1-24(2)19(26)12-4-3-5-13(10-12)22-18-17-14(20(27)28)7-9-25(17)16-11-21-8-6-15(16)23-18/h3-11H,1-2H3,(H,22,23)(H,27,28). The number of benzene rings is 1. The van der Waals surface area contributed by atoms with Gasteiger partial charge in [-0.2, -0.15) is 0 Å². The van der Waals surface area contributed by atoms with E-state index in [9.17, 15) is 14.7 Å². The Kier molecular flexibility index (Phi) is 4.15. The predicted octanol–water partition coefficient (Wildman–Crippen LogP) is 3.03. The second-order valence-electron chi connectivity index (χ2n) is 6.48. The average Bonchev–Trinajstić information content (AvgIpc) is 3.14. The van der Waals surface area contributed by atoms with Crippen LogP contribution in [0.1, 0.15) is 20.7 Å². The van der Waals surface area contributed by atoms with E-state index in [1.165, 1.54) is 11.0 Å². The molecule has 8 nitrogen and oxygen atoms in total. The zero-order valence-corrected chi connectivity index (χ0v) is 15.2. The van der Waals surface area contributed by atoms with Crippen molar-refractivity contribution in [3.63, 3.8) is 0 Å². The lowest BCUT2D eigenvalue weighted by molar-refractivity contribution is 0.0698. The number of hydrogen-bond acceptors (Lipinski definition) is 5. The van der Waals surface area contributed by atoms with Gasteiger partial charge < -0.3 is 19.7 Å². The molecule has 0 fully saturated rings. The van der Waals surface area contributed by atoms with Crippen LogP contribution in [0, 0.1) is 0 Å².